The minimum absolute atomic E-state index is 0.112. The van der Waals surface area contributed by atoms with Crippen LogP contribution in [0.4, 0.5) is 0 Å². The zero-order valence-electron chi connectivity index (χ0n) is 21.6. The quantitative estimate of drug-likeness (QED) is 0.420. The van der Waals surface area contributed by atoms with Crippen molar-refractivity contribution in [1.29, 1.82) is 0 Å². The van der Waals surface area contributed by atoms with Gasteiger partial charge in [0.25, 0.3) is 0 Å². The van der Waals surface area contributed by atoms with E-state index in [1.165, 1.54) is 31.1 Å². The van der Waals surface area contributed by atoms with Gasteiger partial charge in [0.1, 0.15) is 18.4 Å². The molecule has 0 spiro atoms. The largest absolute Gasteiger partial charge is 0.486 e. The molecule has 206 valence electrons. The van der Waals surface area contributed by atoms with Gasteiger partial charge in [0.2, 0.25) is 5.91 Å². The summed E-state index contributed by atoms with van der Waals surface area (Å²) in [5, 5.41) is 17.7. The number of carboxylic acid groups (broad SMARTS) is 2. The Bertz CT molecular complexity index is 1080. The molecule has 1 aliphatic heterocycles. The number of rotatable bonds is 8. The maximum absolute atomic E-state index is 13.0. The Labute approximate surface area is 227 Å². The summed E-state index contributed by atoms with van der Waals surface area (Å²) in [5.41, 5.74) is 6.26. The number of Topliss-reactive ketones (excluding diaryl/α,β-unsaturated/α-hetero) is 1. The van der Waals surface area contributed by atoms with Crippen LogP contribution in [-0.2, 0) is 25.6 Å². The molecule has 4 saturated carbocycles. The number of carbonyl (C=O) groups excluding carboxylic acids is 2. The molecule has 1 amide bonds. The summed E-state index contributed by atoms with van der Waals surface area (Å²) < 4.78 is 5.80. The molecule has 9 nitrogen and oxygen atoms in total. The maximum atomic E-state index is 13.0. The molecule has 6 rings (SSSR count). The average Bonchev–Trinajstić information content (AvgIpc) is 3.24. The van der Waals surface area contributed by atoms with E-state index in [1.54, 1.807) is 6.07 Å². The second kappa shape index (κ2) is 11.5. The Balaban J connectivity index is 0.000000236. The van der Waals surface area contributed by atoms with Crippen molar-refractivity contribution in [3.05, 3.63) is 29.8 Å². The molecule has 1 aromatic carbocycles. The number of carboxylic acids is 2. The number of nitrogens with zero attached hydrogens (tertiary/aromatic N) is 1. The van der Waals surface area contributed by atoms with E-state index in [9.17, 15) is 19.2 Å². The second-order valence-corrected chi connectivity index (χ2v) is 11.9. The molecule has 38 heavy (non-hydrogen) atoms. The zero-order valence-corrected chi connectivity index (χ0v) is 22.5. The summed E-state index contributed by atoms with van der Waals surface area (Å²) in [5.74, 6) is 0.800. The van der Waals surface area contributed by atoms with Crippen molar-refractivity contribution in [1.82, 2.24) is 4.90 Å². The highest BCUT2D eigenvalue weighted by Gasteiger charge is 2.54. The van der Waals surface area contributed by atoms with Crippen molar-refractivity contribution in [2.75, 3.05) is 13.2 Å². The lowest BCUT2D eigenvalue weighted by atomic mass is 9.48. The van der Waals surface area contributed by atoms with Gasteiger partial charge in [-0.3, -0.25) is 14.4 Å². The molecular formula is C28H36N2O7S. The van der Waals surface area contributed by atoms with Gasteiger partial charge in [-0.15, -0.1) is 0 Å². The van der Waals surface area contributed by atoms with Gasteiger partial charge >= 0.3 is 11.9 Å². The van der Waals surface area contributed by atoms with Crippen molar-refractivity contribution in [2.45, 2.75) is 70.4 Å². The van der Waals surface area contributed by atoms with Crippen molar-refractivity contribution in [2.24, 2.45) is 28.9 Å². The van der Waals surface area contributed by atoms with E-state index in [4.69, 9.17) is 32.9 Å². The first-order valence-corrected chi connectivity index (χ1v) is 13.6. The second-order valence-electron chi connectivity index (χ2n) is 11.4. The SMILES string of the molecule is CC(=O)N1CCC(=S)[C@H]1C(=O)O.N[C@@H](Cc1cccc(OCC(=O)C23CC4CC(CC(C4)C2)C3)c1)C(=O)O. The number of benzene rings is 1. The van der Waals surface area contributed by atoms with E-state index < -0.39 is 24.0 Å². The molecular weight excluding hydrogens is 508 g/mol. The molecule has 5 aliphatic rings. The van der Waals surface area contributed by atoms with Crippen molar-refractivity contribution < 1.29 is 34.1 Å². The highest BCUT2D eigenvalue weighted by Crippen LogP contribution is 2.60. The van der Waals surface area contributed by atoms with Crippen molar-refractivity contribution in [3.63, 3.8) is 0 Å². The minimum atomic E-state index is -1.03. The number of thiocarbonyl (C=S) groups is 1. The Morgan fingerprint density at radius 3 is 2.21 bits per heavy atom. The smallest absolute Gasteiger partial charge is 0.331 e. The van der Waals surface area contributed by atoms with Crippen LogP contribution in [-0.4, -0.2) is 68.8 Å². The fourth-order valence-corrected chi connectivity index (χ4v) is 7.46. The lowest BCUT2D eigenvalue weighted by Gasteiger charge is -2.55. The molecule has 4 aliphatic carbocycles. The normalized spacial score (nSPS) is 29.8. The molecule has 0 aromatic heterocycles. The number of hydrogen-bond donors (Lipinski definition) is 3. The molecule has 1 saturated heterocycles. The molecule has 1 aromatic rings. The molecule has 4 bridgehead atoms. The Morgan fingerprint density at radius 1 is 1.11 bits per heavy atom. The number of carbonyl (C=O) groups is 4. The third-order valence-corrected chi connectivity index (χ3v) is 8.95. The molecule has 0 unspecified atom stereocenters. The van der Waals surface area contributed by atoms with E-state index in [2.05, 4.69) is 0 Å². The van der Waals surface area contributed by atoms with Crippen LogP contribution in [0.25, 0.3) is 0 Å². The summed E-state index contributed by atoms with van der Waals surface area (Å²) in [6.07, 6.45) is 7.87. The van der Waals surface area contributed by atoms with E-state index in [0.29, 0.717) is 23.6 Å². The van der Waals surface area contributed by atoms with Crippen LogP contribution < -0.4 is 10.5 Å². The third kappa shape index (κ3) is 6.23. The average molecular weight is 545 g/mol. The highest BCUT2D eigenvalue weighted by atomic mass is 32.1. The van der Waals surface area contributed by atoms with E-state index in [1.807, 2.05) is 18.2 Å². The first kappa shape index (κ1) is 28.2. The maximum Gasteiger partial charge on any atom is 0.331 e. The number of aliphatic carboxylic acids is 2. The van der Waals surface area contributed by atoms with Crippen LogP contribution in [0.5, 0.6) is 5.75 Å². The lowest BCUT2D eigenvalue weighted by Crippen LogP contribution is -2.51. The van der Waals surface area contributed by atoms with E-state index in [-0.39, 0.29) is 30.1 Å². The Hall–Kier alpha value is -2.85. The van der Waals surface area contributed by atoms with Crippen molar-refractivity contribution in [3.8, 4) is 5.75 Å². The van der Waals surface area contributed by atoms with Crippen LogP contribution in [0.15, 0.2) is 24.3 Å². The standard InChI is InChI=1S/C21H27NO4.C7H9NO3S/c22-18(20(24)25)8-13-2-1-3-17(7-13)26-12-19(23)21-9-14-4-15(10-21)6-16(5-14)11-21;1-4(9)8-3-2-5(12)6(8)7(10)11/h1-3,7,14-16,18H,4-6,8-12,22H2,(H,24,25);6H,2-3H2,1H3,(H,10,11)/t14?,15?,16?,18-,21?;6-/m00/s1. The summed E-state index contributed by atoms with van der Waals surface area (Å²) in [6.45, 7) is 1.90. The molecule has 0 radical (unpaired) electrons. The van der Waals surface area contributed by atoms with E-state index in [0.717, 1.165) is 42.6 Å². The van der Waals surface area contributed by atoms with Gasteiger partial charge in [0.15, 0.2) is 11.8 Å². The Morgan fingerprint density at radius 2 is 1.71 bits per heavy atom. The molecule has 10 heteroatoms. The monoisotopic (exact) mass is 544 g/mol. The number of hydrogen-bond acceptors (Lipinski definition) is 7. The van der Waals surface area contributed by atoms with Gasteiger partial charge in [-0.05, 0) is 86.8 Å². The predicted octanol–water partition coefficient (Wildman–Crippen LogP) is 2.87. The number of likely N-dealkylation sites (tertiary alicyclic amines) is 1. The van der Waals surface area contributed by atoms with Gasteiger partial charge in [-0.1, -0.05) is 24.4 Å². The minimum Gasteiger partial charge on any atom is -0.486 e. The molecule has 5 fully saturated rings. The van der Waals surface area contributed by atoms with Crippen LogP contribution >= 0.6 is 12.2 Å². The predicted molar refractivity (Wildman–Crippen MR) is 143 cm³/mol. The zero-order chi connectivity index (χ0) is 27.6. The lowest BCUT2D eigenvalue weighted by molar-refractivity contribution is -0.146. The Kier molecular flexibility index (Phi) is 8.52. The number of ketones is 1. The van der Waals surface area contributed by atoms with Gasteiger partial charge in [0, 0.05) is 23.7 Å². The number of amides is 1. The molecule has 2 atom stereocenters. The summed E-state index contributed by atoms with van der Waals surface area (Å²) >= 11 is 4.84. The van der Waals surface area contributed by atoms with Gasteiger partial charge in [-0.2, -0.15) is 0 Å². The molecule has 1 heterocycles. The van der Waals surface area contributed by atoms with Crippen LogP contribution in [0.3, 0.4) is 0 Å². The van der Waals surface area contributed by atoms with Gasteiger partial charge in [-0.25, -0.2) is 4.79 Å². The first-order valence-electron chi connectivity index (χ1n) is 13.2. The summed E-state index contributed by atoms with van der Waals surface area (Å²) in [6, 6.07) is 5.43. The number of ether oxygens (including phenoxy) is 1. The third-order valence-electron chi connectivity index (χ3n) is 8.53. The number of nitrogens with two attached hydrogens (primary N) is 1. The topological polar surface area (TPSA) is 147 Å². The van der Waals surface area contributed by atoms with Crippen LogP contribution in [0.2, 0.25) is 0 Å². The summed E-state index contributed by atoms with van der Waals surface area (Å²) in [7, 11) is 0. The van der Waals surface area contributed by atoms with E-state index >= 15 is 0 Å². The fourth-order valence-electron chi connectivity index (χ4n) is 7.14. The van der Waals surface area contributed by atoms with Crippen LogP contribution in [0.1, 0.15) is 57.4 Å². The van der Waals surface area contributed by atoms with Crippen LogP contribution in [0, 0.1) is 23.2 Å². The fraction of sp³-hybridized carbons (Fsp3) is 0.607. The van der Waals surface area contributed by atoms with Gasteiger partial charge < -0.3 is 25.6 Å². The van der Waals surface area contributed by atoms with Gasteiger partial charge in [0.05, 0.1) is 0 Å². The highest BCUT2D eigenvalue weighted by molar-refractivity contribution is 7.80. The first-order chi connectivity index (χ1) is 18.0. The summed E-state index contributed by atoms with van der Waals surface area (Å²) in [4.78, 5) is 47.2. The van der Waals surface area contributed by atoms with Crippen molar-refractivity contribution >= 4 is 40.7 Å². The molecule has 4 N–H and O–H groups in total.